The maximum absolute atomic E-state index is 12.4. The van der Waals surface area contributed by atoms with Crippen LogP contribution < -0.4 is 5.32 Å². The maximum atomic E-state index is 12.4. The molecule has 1 saturated carbocycles. The Hall–Kier alpha value is -1.43. The van der Waals surface area contributed by atoms with Crippen LogP contribution in [0.25, 0.3) is 0 Å². The summed E-state index contributed by atoms with van der Waals surface area (Å²) in [7, 11) is 0. The molecule has 0 radical (unpaired) electrons. The molecule has 0 aliphatic heterocycles. The number of nitrogens with one attached hydrogen (secondary N) is 1. The Morgan fingerprint density at radius 2 is 2.21 bits per heavy atom. The number of carbonyl (C=O) groups is 1. The van der Waals surface area contributed by atoms with Crippen molar-refractivity contribution in [3.63, 3.8) is 0 Å². The summed E-state index contributed by atoms with van der Waals surface area (Å²) in [6.07, 6.45) is 1.72. The molecule has 1 aliphatic carbocycles. The third kappa shape index (κ3) is 3.53. The average molecular weight is 272 g/mol. The van der Waals surface area contributed by atoms with Crippen LogP contribution >= 0.6 is 0 Å². The van der Waals surface area contributed by atoms with Gasteiger partial charge in [-0.05, 0) is 25.0 Å². The Morgan fingerprint density at radius 3 is 2.89 bits per heavy atom. The highest BCUT2D eigenvalue weighted by atomic mass is 19.3. The Balaban J connectivity index is 2.01. The lowest BCUT2D eigenvalue weighted by atomic mass is 9.92. The number of amides is 1. The number of hydrogen-bond donors (Lipinski definition) is 2. The standard InChI is InChI=1S/C13H18F2N2O2/c14-12(15)8-17-7-3-5-10(17)13(19)16-9-4-1-2-6-11(9)18/h3,5,7,9,11-12,18H,1-2,4,6,8H2,(H,16,19)/t9-,11-/m0/s1. The van der Waals surface area contributed by atoms with Gasteiger partial charge in [-0.1, -0.05) is 12.8 Å². The predicted molar refractivity (Wildman–Crippen MR) is 66.2 cm³/mol. The largest absolute Gasteiger partial charge is 0.391 e. The summed E-state index contributed by atoms with van der Waals surface area (Å²) >= 11 is 0. The zero-order valence-corrected chi connectivity index (χ0v) is 10.6. The predicted octanol–water partition coefficient (Wildman–Crippen LogP) is 1.79. The van der Waals surface area contributed by atoms with Gasteiger partial charge in [-0.15, -0.1) is 0 Å². The van der Waals surface area contributed by atoms with Crippen LogP contribution in [0, 0.1) is 0 Å². The smallest absolute Gasteiger partial charge is 0.268 e. The molecule has 1 amide bonds. The fourth-order valence-electron chi connectivity index (χ4n) is 2.45. The van der Waals surface area contributed by atoms with Crippen molar-refractivity contribution in [2.75, 3.05) is 0 Å². The van der Waals surface area contributed by atoms with Crippen LogP contribution in [-0.4, -0.2) is 34.2 Å². The molecule has 106 valence electrons. The van der Waals surface area contributed by atoms with Crippen LogP contribution in [0.2, 0.25) is 0 Å². The lowest BCUT2D eigenvalue weighted by Crippen LogP contribution is -2.45. The molecule has 2 N–H and O–H groups in total. The van der Waals surface area contributed by atoms with Gasteiger partial charge in [0.2, 0.25) is 0 Å². The van der Waals surface area contributed by atoms with E-state index in [-0.39, 0.29) is 11.7 Å². The van der Waals surface area contributed by atoms with Crippen molar-refractivity contribution < 1.29 is 18.7 Å². The summed E-state index contributed by atoms with van der Waals surface area (Å²) in [6, 6.07) is 2.79. The van der Waals surface area contributed by atoms with E-state index in [0.29, 0.717) is 6.42 Å². The number of aliphatic hydroxyl groups is 1. The van der Waals surface area contributed by atoms with E-state index in [1.165, 1.54) is 16.8 Å². The zero-order valence-electron chi connectivity index (χ0n) is 10.6. The summed E-state index contributed by atoms with van der Waals surface area (Å²) in [6.45, 7) is -0.497. The van der Waals surface area contributed by atoms with Crippen LogP contribution in [0.4, 0.5) is 8.78 Å². The van der Waals surface area contributed by atoms with Crippen LogP contribution in [0.15, 0.2) is 18.3 Å². The minimum atomic E-state index is -2.50. The number of aliphatic hydroxyl groups excluding tert-OH is 1. The van der Waals surface area contributed by atoms with Gasteiger partial charge in [0.25, 0.3) is 12.3 Å². The minimum Gasteiger partial charge on any atom is -0.391 e. The van der Waals surface area contributed by atoms with Crippen molar-refractivity contribution in [2.45, 2.75) is 50.8 Å². The van der Waals surface area contributed by atoms with E-state index in [2.05, 4.69) is 5.32 Å². The highest BCUT2D eigenvalue weighted by molar-refractivity contribution is 5.93. The second kappa shape index (κ2) is 6.14. The molecule has 1 fully saturated rings. The molecule has 2 atom stereocenters. The van der Waals surface area contributed by atoms with E-state index in [1.54, 1.807) is 6.07 Å². The van der Waals surface area contributed by atoms with Crippen molar-refractivity contribution >= 4 is 5.91 Å². The molecular formula is C13H18F2N2O2. The summed E-state index contributed by atoms with van der Waals surface area (Å²) in [5.74, 6) is -0.406. The first-order valence-corrected chi connectivity index (χ1v) is 6.50. The molecule has 4 nitrogen and oxygen atoms in total. The number of alkyl halides is 2. The van der Waals surface area contributed by atoms with Crippen LogP contribution in [0.5, 0.6) is 0 Å². The zero-order chi connectivity index (χ0) is 13.8. The van der Waals surface area contributed by atoms with Crippen molar-refractivity contribution in [3.8, 4) is 0 Å². The Bertz CT molecular complexity index is 434. The quantitative estimate of drug-likeness (QED) is 0.878. The lowest BCUT2D eigenvalue weighted by Gasteiger charge is -2.28. The van der Waals surface area contributed by atoms with Gasteiger partial charge in [0.15, 0.2) is 0 Å². The van der Waals surface area contributed by atoms with E-state index < -0.39 is 25.0 Å². The molecule has 6 heteroatoms. The second-order valence-corrected chi connectivity index (χ2v) is 4.87. The van der Waals surface area contributed by atoms with Crippen LogP contribution in [0.3, 0.4) is 0 Å². The first kappa shape index (κ1) is 14.0. The lowest BCUT2D eigenvalue weighted by molar-refractivity contribution is 0.0705. The maximum Gasteiger partial charge on any atom is 0.268 e. The Labute approximate surface area is 110 Å². The van der Waals surface area contributed by atoms with E-state index in [4.69, 9.17) is 0 Å². The average Bonchev–Trinajstić information content (AvgIpc) is 2.79. The number of hydrogen-bond acceptors (Lipinski definition) is 2. The number of aromatic nitrogens is 1. The summed E-state index contributed by atoms with van der Waals surface area (Å²) < 4.78 is 26.0. The molecule has 0 spiro atoms. The molecule has 0 unspecified atom stereocenters. The summed E-state index contributed by atoms with van der Waals surface area (Å²) in [5, 5.41) is 12.5. The van der Waals surface area contributed by atoms with Crippen molar-refractivity contribution in [2.24, 2.45) is 0 Å². The van der Waals surface area contributed by atoms with Gasteiger partial charge in [-0.2, -0.15) is 0 Å². The summed E-state index contributed by atoms with van der Waals surface area (Å²) in [4.78, 5) is 12.0. The second-order valence-electron chi connectivity index (χ2n) is 4.87. The van der Waals surface area contributed by atoms with E-state index >= 15 is 0 Å². The number of carbonyl (C=O) groups excluding carboxylic acids is 1. The molecule has 1 heterocycles. The van der Waals surface area contributed by atoms with E-state index in [9.17, 15) is 18.7 Å². The SMILES string of the molecule is O=C(N[C@H]1CCCC[C@@H]1O)c1cccn1CC(F)F. The molecule has 0 bridgehead atoms. The van der Waals surface area contributed by atoms with E-state index in [0.717, 1.165) is 19.3 Å². The molecule has 0 saturated heterocycles. The topological polar surface area (TPSA) is 54.3 Å². The van der Waals surface area contributed by atoms with E-state index in [1.807, 2.05) is 0 Å². The Morgan fingerprint density at radius 1 is 1.47 bits per heavy atom. The summed E-state index contributed by atoms with van der Waals surface area (Å²) in [5.41, 5.74) is 0.207. The molecule has 2 rings (SSSR count). The van der Waals surface area contributed by atoms with Gasteiger partial charge in [0.05, 0.1) is 18.7 Å². The first-order chi connectivity index (χ1) is 9.08. The van der Waals surface area contributed by atoms with Gasteiger partial charge >= 0.3 is 0 Å². The molecular weight excluding hydrogens is 254 g/mol. The van der Waals surface area contributed by atoms with Crippen LogP contribution in [0.1, 0.15) is 36.2 Å². The van der Waals surface area contributed by atoms with Crippen molar-refractivity contribution in [1.82, 2.24) is 9.88 Å². The van der Waals surface area contributed by atoms with Crippen LogP contribution in [-0.2, 0) is 6.54 Å². The molecule has 0 aromatic carbocycles. The number of rotatable bonds is 4. The first-order valence-electron chi connectivity index (χ1n) is 6.50. The monoisotopic (exact) mass is 272 g/mol. The van der Waals surface area contributed by atoms with Gasteiger partial charge in [0, 0.05) is 6.20 Å². The number of halogens is 2. The third-order valence-corrected chi connectivity index (χ3v) is 3.44. The van der Waals surface area contributed by atoms with Gasteiger partial charge < -0.3 is 15.0 Å². The normalized spacial score (nSPS) is 23.6. The number of nitrogens with zero attached hydrogens (tertiary/aromatic N) is 1. The van der Waals surface area contributed by atoms with Gasteiger partial charge in [0.1, 0.15) is 5.69 Å². The molecule has 1 aliphatic rings. The minimum absolute atomic E-state index is 0.207. The molecule has 1 aromatic heterocycles. The third-order valence-electron chi connectivity index (χ3n) is 3.44. The highest BCUT2D eigenvalue weighted by Crippen LogP contribution is 2.19. The molecule has 19 heavy (non-hydrogen) atoms. The van der Waals surface area contributed by atoms with Crippen molar-refractivity contribution in [1.29, 1.82) is 0 Å². The highest BCUT2D eigenvalue weighted by Gasteiger charge is 2.25. The van der Waals surface area contributed by atoms with Gasteiger partial charge in [-0.3, -0.25) is 4.79 Å². The molecule has 1 aromatic rings. The fourth-order valence-corrected chi connectivity index (χ4v) is 2.45. The fraction of sp³-hybridized carbons (Fsp3) is 0.615. The Kier molecular flexibility index (Phi) is 4.52. The van der Waals surface area contributed by atoms with Gasteiger partial charge in [-0.25, -0.2) is 8.78 Å². The van der Waals surface area contributed by atoms with Crippen molar-refractivity contribution in [3.05, 3.63) is 24.0 Å².